The van der Waals surface area contributed by atoms with Crippen molar-refractivity contribution in [2.75, 3.05) is 5.32 Å². The Bertz CT molecular complexity index is 1190. The zero-order valence-corrected chi connectivity index (χ0v) is 14.8. The number of amides is 1. The summed E-state index contributed by atoms with van der Waals surface area (Å²) in [6.07, 6.45) is 1.24. The van der Waals surface area contributed by atoms with Gasteiger partial charge in [-0.15, -0.1) is 0 Å². The third-order valence-electron chi connectivity index (χ3n) is 3.89. The van der Waals surface area contributed by atoms with Crippen LogP contribution in [0.1, 0.15) is 17.3 Å². The minimum absolute atomic E-state index is 0.0585. The van der Waals surface area contributed by atoms with Crippen LogP contribution in [0, 0.1) is 0 Å². The van der Waals surface area contributed by atoms with E-state index in [4.69, 9.17) is 4.74 Å². The van der Waals surface area contributed by atoms with E-state index in [9.17, 15) is 19.2 Å². The van der Waals surface area contributed by atoms with Crippen LogP contribution >= 0.6 is 0 Å². The molecule has 0 unspecified atom stereocenters. The van der Waals surface area contributed by atoms with Crippen molar-refractivity contribution in [2.24, 2.45) is 14.1 Å². The fraction of sp³-hybridized carbons (Fsp3) is 0.167. The molecule has 0 radical (unpaired) electrons. The molecule has 0 saturated heterocycles. The lowest BCUT2D eigenvalue weighted by Gasteiger charge is -2.09. The van der Waals surface area contributed by atoms with E-state index >= 15 is 0 Å². The number of hydrogen-bond acceptors (Lipinski definition) is 6. The van der Waals surface area contributed by atoms with Gasteiger partial charge in [-0.05, 0) is 18.2 Å². The summed E-state index contributed by atoms with van der Waals surface area (Å²) in [6.45, 7) is 1.37. The lowest BCUT2D eigenvalue weighted by atomic mass is 10.2. The van der Waals surface area contributed by atoms with Crippen LogP contribution in [-0.2, 0) is 18.9 Å². The molecule has 1 amide bonds. The van der Waals surface area contributed by atoms with Crippen LogP contribution in [0.15, 0.2) is 46.1 Å². The Hall–Kier alpha value is -3.75. The van der Waals surface area contributed by atoms with Crippen molar-refractivity contribution >= 4 is 28.6 Å². The maximum atomic E-state index is 12.4. The van der Waals surface area contributed by atoms with Gasteiger partial charge in [-0.25, -0.2) is 14.6 Å². The predicted molar refractivity (Wildman–Crippen MR) is 97.9 cm³/mol. The van der Waals surface area contributed by atoms with E-state index in [1.54, 1.807) is 18.2 Å². The number of nitrogens with zero attached hydrogens (tertiary/aromatic N) is 3. The number of nitrogens with one attached hydrogen (secondary N) is 1. The molecule has 1 aromatic carbocycles. The normalized spacial score (nSPS) is 10.6. The molecule has 138 valence electrons. The molecule has 2 aromatic heterocycles. The Morgan fingerprint density at radius 3 is 2.56 bits per heavy atom. The third kappa shape index (κ3) is 3.47. The molecule has 0 fully saturated rings. The molecular weight excluding hydrogens is 352 g/mol. The van der Waals surface area contributed by atoms with E-state index < -0.39 is 17.2 Å². The lowest BCUT2D eigenvalue weighted by molar-refractivity contribution is -0.114. The number of hydrogen-bond donors (Lipinski definition) is 1. The first-order valence-electron chi connectivity index (χ1n) is 7.93. The fourth-order valence-corrected chi connectivity index (χ4v) is 2.58. The first kappa shape index (κ1) is 18.1. The monoisotopic (exact) mass is 368 g/mol. The standard InChI is InChI=1S/C18H16N4O5/c1-10(23)20-12-5-4-6-13(8-12)27-17(25)11-7-14-15(19-9-11)21(2)18(26)22(3)16(14)24/h4-9H,1-3H3,(H,20,23). The van der Waals surface area contributed by atoms with E-state index in [1.165, 1.54) is 43.9 Å². The molecule has 27 heavy (non-hydrogen) atoms. The van der Waals surface area contributed by atoms with E-state index in [-0.39, 0.29) is 28.3 Å². The summed E-state index contributed by atoms with van der Waals surface area (Å²) in [5.74, 6) is -0.751. The van der Waals surface area contributed by atoms with E-state index in [2.05, 4.69) is 10.3 Å². The smallest absolute Gasteiger partial charge is 0.345 e. The van der Waals surface area contributed by atoms with E-state index in [0.717, 1.165) is 4.57 Å². The number of ether oxygens (including phenoxy) is 1. The van der Waals surface area contributed by atoms with Crippen molar-refractivity contribution in [3.05, 3.63) is 62.9 Å². The van der Waals surface area contributed by atoms with Crippen LogP contribution in [0.4, 0.5) is 5.69 Å². The molecule has 0 spiro atoms. The predicted octanol–water partition coefficient (Wildman–Crippen LogP) is 0.810. The van der Waals surface area contributed by atoms with Crippen molar-refractivity contribution in [1.82, 2.24) is 14.1 Å². The van der Waals surface area contributed by atoms with Crippen LogP contribution in [-0.4, -0.2) is 26.0 Å². The second kappa shape index (κ2) is 6.87. The summed E-state index contributed by atoms with van der Waals surface area (Å²) in [6, 6.07) is 7.67. The topological polar surface area (TPSA) is 112 Å². The SMILES string of the molecule is CC(=O)Nc1cccc(OC(=O)c2cnc3c(c2)c(=O)n(C)c(=O)n3C)c1. The van der Waals surface area contributed by atoms with Crippen LogP contribution < -0.4 is 21.3 Å². The summed E-state index contributed by atoms with van der Waals surface area (Å²) in [5, 5.41) is 2.71. The Kier molecular flexibility index (Phi) is 4.59. The van der Waals surface area contributed by atoms with Crippen molar-refractivity contribution in [1.29, 1.82) is 0 Å². The number of aromatic nitrogens is 3. The van der Waals surface area contributed by atoms with Crippen molar-refractivity contribution in [3.8, 4) is 5.75 Å². The highest BCUT2D eigenvalue weighted by Crippen LogP contribution is 2.19. The van der Waals surface area contributed by atoms with Gasteiger partial charge in [0.2, 0.25) is 5.91 Å². The van der Waals surface area contributed by atoms with Crippen LogP contribution in [0.2, 0.25) is 0 Å². The maximum absolute atomic E-state index is 12.4. The first-order chi connectivity index (χ1) is 12.8. The van der Waals surface area contributed by atoms with Crippen molar-refractivity contribution < 1.29 is 14.3 Å². The van der Waals surface area contributed by atoms with Gasteiger partial charge in [-0.1, -0.05) is 6.07 Å². The van der Waals surface area contributed by atoms with Gasteiger partial charge in [0.1, 0.15) is 11.4 Å². The number of rotatable bonds is 3. The Balaban J connectivity index is 1.96. The molecular formula is C18H16N4O5. The van der Waals surface area contributed by atoms with E-state index in [0.29, 0.717) is 5.69 Å². The number of aryl methyl sites for hydroxylation is 1. The molecule has 0 aliphatic carbocycles. The number of carbonyl (C=O) groups excluding carboxylic acids is 2. The van der Waals surface area contributed by atoms with Crippen LogP contribution in [0.3, 0.4) is 0 Å². The first-order valence-corrected chi connectivity index (χ1v) is 7.93. The molecule has 9 nitrogen and oxygen atoms in total. The molecule has 0 aliphatic rings. The summed E-state index contributed by atoms with van der Waals surface area (Å²) >= 11 is 0. The molecule has 2 heterocycles. The summed E-state index contributed by atoms with van der Waals surface area (Å²) in [4.78, 5) is 51.8. The van der Waals surface area contributed by atoms with Crippen LogP contribution in [0.5, 0.6) is 5.75 Å². The summed E-state index contributed by atoms with van der Waals surface area (Å²) in [7, 11) is 2.84. The molecule has 1 N–H and O–H groups in total. The summed E-state index contributed by atoms with van der Waals surface area (Å²) in [5.41, 5.74) is -0.350. The second-order valence-corrected chi connectivity index (χ2v) is 5.90. The molecule has 0 bridgehead atoms. The molecule has 0 atom stereocenters. The van der Waals surface area contributed by atoms with Gasteiger partial charge in [0.15, 0.2) is 0 Å². The second-order valence-electron chi connectivity index (χ2n) is 5.90. The number of esters is 1. The molecule has 9 heteroatoms. The van der Waals surface area contributed by atoms with Gasteiger partial charge in [-0.2, -0.15) is 0 Å². The minimum Gasteiger partial charge on any atom is -0.423 e. The number of pyridine rings is 1. The zero-order valence-electron chi connectivity index (χ0n) is 14.8. The average molecular weight is 368 g/mol. The molecule has 3 rings (SSSR count). The minimum atomic E-state index is -0.722. The maximum Gasteiger partial charge on any atom is 0.345 e. The zero-order chi connectivity index (χ0) is 19.7. The Morgan fingerprint density at radius 2 is 1.85 bits per heavy atom. The van der Waals surface area contributed by atoms with Crippen LogP contribution in [0.25, 0.3) is 11.0 Å². The van der Waals surface area contributed by atoms with Gasteiger partial charge in [0.05, 0.1) is 10.9 Å². The Morgan fingerprint density at radius 1 is 1.11 bits per heavy atom. The van der Waals surface area contributed by atoms with Gasteiger partial charge < -0.3 is 10.1 Å². The fourth-order valence-electron chi connectivity index (χ4n) is 2.58. The molecule has 0 saturated carbocycles. The average Bonchev–Trinajstić information content (AvgIpc) is 2.64. The van der Waals surface area contributed by atoms with E-state index in [1.807, 2.05) is 0 Å². The highest BCUT2D eigenvalue weighted by molar-refractivity contribution is 5.94. The van der Waals surface area contributed by atoms with Gasteiger partial charge in [0.25, 0.3) is 5.56 Å². The Labute approximate surface area is 152 Å². The lowest BCUT2D eigenvalue weighted by Crippen LogP contribution is -2.37. The highest BCUT2D eigenvalue weighted by atomic mass is 16.5. The third-order valence-corrected chi connectivity index (χ3v) is 3.89. The molecule has 0 aliphatic heterocycles. The van der Waals surface area contributed by atoms with Crippen molar-refractivity contribution in [2.45, 2.75) is 6.92 Å². The van der Waals surface area contributed by atoms with Gasteiger partial charge >= 0.3 is 11.7 Å². The number of anilines is 1. The summed E-state index contributed by atoms with van der Waals surface area (Å²) < 4.78 is 7.45. The largest absolute Gasteiger partial charge is 0.423 e. The number of benzene rings is 1. The van der Waals surface area contributed by atoms with Crippen molar-refractivity contribution in [3.63, 3.8) is 0 Å². The highest BCUT2D eigenvalue weighted by Gasteiger charge is 2.15. The number of fused-ring (bicyclic) bond motifs is 1. The van der Waals surface area contributed by atoms with Gasteiger partial charge in [0, 0.05) is 39.0 Å². The molecule has 3 aromatic rings. The van der Waals surface area contributed by atoms with Gasteiger partial charge in [-0.3, -0.25) is 18.7 Å². The number of carbonyl (C=O) groups is 2. The quantitative estimate of drug-likeness (QED) is 0.541.